The first kappa shape index (κ1) is 17.9. The third-order valence-corrected chi connectivity index (χ3v) is 3.00. The van der Waals surface area contributed by atoms with Crippen LogP contribution in [0.3, 0.4) is 0 Å². The number of benzene rings is 1. The fourth-order valence-corrected chi connectivity index (χ4v) is 1.77. The summed E-state index contributed by atoms with van der Waals surface area (Å²) in [6, 6.07) is 3.46. The Morgan fingerprint density at radius 2 is 1.37 bits per heavy atom. The van der Waals surface area contributed by atoms with E-state index < -0.39 is 0 Å². The molecule has 0 saturated heterocycles. The van der Waals surface area contributed by atoms with Gasteiger partial charge in [-0.05, 0) is 5.41 Å². The van der Waals surface area contributed by atoms with Gasteiger partial charge in [0.15, 0.2) is 0 Å². The van der Waals surface area contributed by atoms with Crippen molar-refractivity contribution in [3.05, 3.63) is 17.7 Å². The van der Waals surface area contributed by atoms with Crippen molar-refractivity contribution in [2.45, 2.75) is 26.8 Å². The largest absolute Gasteiger partial charge is 0.496 e. The first-order valence-electron chi connectivity index (χ1n) is 5.90. The molecular formula is C14H24ClNO3. The molecular weight excluding hydrogens is 266 g/mol. The second-order valence-corrected chi connectivity index (χ2v) is 5.29. The Balaban J connectivity index is 0.00000324. The maximum Gasteiger partial charge on any atom is 0.131 e. The van der Waals surface area contributed by atoms with Crippen LogP contribution >= 0.6 is 12.4 Å². The van der Waals surface area contributed by atoms with Crippen LogP contribution in [0.4, 0.5) is 0 Å². The molecule has 0 heterocycles. The predicted octanol–water partition coefficient (Wildman–Crippen LogP) is 3.18. The minimum absolute atomic E-state index is 0. The molecule has 2 N–H and O–H groups in total. The molecule has 0 fully saturated rings. The normalized spacial score (nSPS) is 12.4. The van der Waals surface area contributed by atoms with Gasteiger partial charge in [0, 0.05) is 18.2 Å². The molecule has 0 aromatic heterocycles. The molecule has 0 spiro atoms. The average molecular weight is 290 g/mol. The number of rotatable bonds is 4. The summed E-state index contributed by atoms with van der Waals surface area (Å²) in [6.45, 7) is 6.25. The molecule has 0 saturated carbocycles. The van der Waals surface area contributed by atoms with Crippen molar-refractivity contribution in [1.29, 1.82) is 0 Å². The van der Waals surface area contributed by atoms with Gasteiger partial charge in [-0.2, -0.15) is 0 Å². The van der Waals surface area contributed by atoms with Gasteiger partial charge in [-0.3, -0.25) is 0 Å². The number of hydrogen-bond donors (Lipinski definition) is 1. The van der Waals surface area contributed by atoms with E-state index in [0.29, 0.717) is 17.2 Å². The SMILES string of the molecule is COc1cc(OC)c([C@@H](N)C(C)(C)C)c(OC)c1.Cl. The number of nitrogens with two attached hydrogens (primary N) is 1. The fraction of sp³-hybridized carbons (Fsp3) is 0.571. The molecule has 0 unspecified atom stereocenters. The van der Waals surface area contributed by atoms with Crippen LogP contribution in [-0.4, -0.2) is 21.3 Å². The summed E-state index contributed by atoms with van der Waals surface area (Å²) in [4.78, 5) is 0. The lowest BCUT2D eigenvalue weighted by Crippen LogP contribution is -2.27. The minimum Gasteiger partial charge on any atom is -0.496 e. The van der Waals surface area contributed by atoms with Crippen LogP contribution in [0.15, 0.2) is 12.1 Å². The van der Waals surface area contributed by atoms with Gasteiger partial charge < -0.3 is 19.9 Å². The van der Waals surface area contributed by atoms with Crippen LogP contribution in [-0.2, 0) is 0 Å². The van der Waals surface area contributed by atoms with Gasteiger partial charge in [0.05, 0.1) is 26.9 Å². The Morgan fingerprint density at radius 3 is 1.63 bits per heavy atom. The Morgan fingerprint density at radius 1 is 0.947 bits per heavy atom. The van der Waals surface area contributed by atoms with Crippen molar-refractivity contribution in [3.8, 4) is 17.2 Å². The highest BCUT2D eigenvalue weighted by molar-refractivity contribution is 5.85. The molecule has 0 radical (unpaired) electrons. The Kier molecular flexibility index (Phi) is 6.46. The standard InChI is InChI=1S/C14H23NO3.ClH/c1-14(2,3)13(15)12-10(17-5)7-9(16-4)8-11(12)18-6;/h7-8,13H,15H2,1-6H3;1H/t13-;/m1./s1. The maximum absolute atomic E-state index is 6.32. The average Bonchev–Trinajstić information content (AvgIpc) is 2.34. The highest BCUT2D eigenvalue weighted by Gasteiger charge is 2.28. The molecule has 19 heavy (non-hydrogen) atoms. The molecule has 5 heteroatoms. The first-order valence-corrected chi connectivity index (χ1v) is 5.90. The van der Waals surface area contributed by atoms with Gasteiger partial charge in [-0.25, -0.2) is 0 Å². The highest BCUT2D eigenvalue weighted by atomic mass is 35.5. The fourth-order valence-electron chi connectivity index (χ4n) is 1.77. The molecule has 0 amide bonds. The molecule has 1 aromatic carbocycles. The van der Waals surface area contributed by atoms with Crippen LogP contribution in [0.25, 0.3) is 0 Å². The lowest BCUT2D eigenvalue weighted by atomic mass is 9.82. The van der Waals surface area contributed by atoms with E-state index in [9.17, 15) is 0 Å². The van der Waals surface area contributed by atoms with Crippen LogP contribution in [0.1, 0.15) is 32.4 Å². The zero-order valence-electron chi connectivity index (χ0n) is 12.4. The van der Waals surface area contributed by atoms with E-state index in [1.54, 1.807) is 21.3 Å². The molecule has 1 aromatic rings. The second kappa shape index (κ2) is 6.87. The zero-order chi connectivity index (χ0) is 13.9. The predicted molar refractivity (Wildman–Crippen MR) is 79.7 cm³/mol. The number of methoxy groups -OCH3 is 3. The van der Waals surface area contributed by atoms with E-state index in [-0.39, 0.29) is 23.9 Å². The lowest BCUT2D eigenvalue weighted by molar-refractivity contribution is 0.298. The van der Waals surface area contributed by atoms with Gasteiger partial charge in [0.25, 0.3) is 0 Å². The Labute approximate surface area is 121 Å². The van der Waals surface area contributed by atoms with E-state index in [4.69, 9.17) is 19.9 Å². The number of halogens is 1. The molecule has 1 atom stereocenters. The zero-order valence-corrected chi connectivity index (χ0v) is 13.3. The first-order chi connectivity index (χ1) is 8.35. The van der Waals surface area contributed by atoms with Crippen LogP contribution < -0.4 is 19.9 Å². The van der Waals surface area contributed by atoms with Gasteiger partial charge in [0.2, 0.25) is 0 Å². The van der Waals surface area contributed by atoms with Crippen LogP contribution in [0, 0.1) is 5.41 Å². The van der Waals surface area contributed by atoms with E-state index in [2.05, 4.69) is 20.8 Å². The summed E-state index contributed by atoms with van der Waals surface area (Å²) in [7, 11) is 4.85. The highest BCUT2D eigenvalue weighted by Crippen LogP contribution is 2.43. The molecule has 0 aliphatic carbocycles. The van der Waals surface area contributed by atoms with Crippen LogP contribution in [0.5, 0.6) is 17.2 Å². The third-order valence-electron chi connectivity index (χ3n) is 3.00. The summed E-state index contributed by atoms with van der Waals surface area (Å²) in [5, 5.41) is 0. The van der Waals surface area contributed by atoms with Gasteiger partial charge in [-0.1, -0.05) is 20.8 Å². The van der Waals surface area contributed by atoms with Crippen molar-refractivity contribution in [1.82, 2.24) is 0 Å². The van der Waals surface area contributed by atoms with Crippen molar-refractivity contribution in [2.75, 3.05) is 21.3 Å². The van der Waals surface area contributed by atoms with E-state index in [1.807, 2.05) is 12.1 Å². The topological polar surface area (TPSA) is 53.7 Å². The molecule has 0 aliphatic heterocycles. The van der Waals surface area contributed by atoms with Gasteiger partial charge >= 0.3 is 0 Å². The van der Waals surface area contributed by atoms with E-state index in [0.717, 1.165) is 5.56 Å². The van der Waals surface area contributed by atoms with Crippen molar-refractivity contribution < 1.29 is 14.2 Å². The lowest BCUT2D eigenvalue weighted by Gasteiger charge is -2.30. The quantitative estimate of drug-likeness (QED) is 0.925. The monoisotopic (exact) mass is 289 g/mol. The maximum atomic E-state index is 6.32. The summed E-state index contributed by atoms with van der Waals surface area (Å²) >= 11 is 0. The Bertz CT molecular complexity index is 391. The Hall–Kier alpha value is -1.13. The van der Waals surface area contributed by atoms with Gasteiger partial charge in [-0.15, -0.1) is 12.4 Å². The van der Waals surface area contributed by atoms with Crippen molar-refractivity contribution in [2.24, 2.45) is 11.1 Å². The van der Waals surface area contributed by atoms with E-state index in [1.165, 1.54) is 0 Å². The molecule has 0 aliphatic rings. The third kappa shape index (κ3) is 3.91. The molecule has 0 bridgehead atoms. The molecule has 4 nitrogen and oxygen atoms in total. The smallest absolute Gasteiger partial charge is 0.131 e. The number of hydrogen-bond acceptors (Lipinski definition) is 4. The molecule has 1 rings (SSSR count). The van der Waals surface area contributed by atoms with Gasteiger partial charge in [0.1, 0.15) is 17.2 Å². The van der Waals surface area contributed by atoms with Crippen LogP contribution in [0.2, 0.25) is 0 Å². The van der Waals surface area contributed by atoms with E-state index >= 15 is 0 Å². The second-order valence-electron chi connectivity index (χ2n) is 5.29. The van der Waals surface area contributed by atoms with Crippen molar-refractivity contribution >= 4 is 12.4 Å². The minimum atomic E-state index is -0.187. The van der Waals surface area contributed by atoms with Crippen molar-refractivity contribution in [3.63, 3.8) is 0 Å². The molecule has 110 valence electrons. The summed E-state index contributed by atoms with van der Waals surface area (Å²) < 4.78 is 16.0. The summed E-state index contributed by atoms with van der Waals surface area (Å²) in [5.74, 6) is 2.07. The number of ether oxygens (including phenoxy) is 3. The summed E-state index contributed by atoms with van der Waals surface area (Å²) in [6.07, 6.45) is 0. The summed E-state index contributed by atoms with van der Waals surface area (Å²) in [5.41, 5.74) is 7.10.